The second-order valence-corrected chi connectivity index (χ2v) is 9.84. The minimum Gasteiger partial charge on any atom is -0.496 e. The van der Waals surface area contributed by atoms with Crippen LogP contribution < -0.4 is 15.2 Å². The summed E-state index contributed by atoms with van der Waals surface area (Å²) >= 11 is 0. The molecule has 9 nitrogen and oxygen atoms in total. The van der Waals surface area contributed by atoms with Crippen LogP contribution in [0, 0.1) is 6.92 Å². The van der Waals surface area contributed by atoms with Crippen LogP contribution >= 0.6 is 0 Å². The summed E-state index contributed by atoms with van der Waals surface area (Å²) in [6.07, 6.45) is 1.19. The summed E-state index contributed by atoms with van der Waals surface area (Å²) in [4.78, 5) is 12.7. The van der Waals surface area contributed by atoms with Crippen LogP contribution in [-0.4, -0.2) is 41.6 Å². The summed E-state index contributed by atoms with van der Waals surface area (Å²) in [5.74, 6) is 1.20. The van der Waals surface area contributed by atoms with Gasteiger partial charge in [-0.25, -0.2) is 13.2 Å². The van der Waals surface area contributed by atoms with Crippen molar-refractivity contribution in [2.45, 2.75) is 18.4 Å². The van der Waals surface area contributed by atoms with Gasteiger partial charge in [-0.15, -0.1) is 0 Å². The van der Waals surface area contributed by atoms with Crippen molar-refractivity contribution in [2.75, 3.05) is 13.4 Å². The lowest BCUT2D eigenvalue weighted by molar-refractivity contribution is 0.294. The predicted molar refractivity (Wildman–Crippen MR) is 127 cm³/mol. The number of nitrogens with zero attached hydrogens (tertiary/aromatic N) is 4. The van der Waals surface area contributed by atoms with Gasteiger partial charge in [-0.1, -0.05) is 24.3 Å². The smallest absolute Gasteiger partial charge is 0.368 e. The highest BCUT2D eigenvalue weighted by molar-refractivity contribution is 7.90. The molecule has 0 radical (unpaired) electrons. The van der Waals surface area contributed by atoms with Crippen LogP contribution in [0.25, 0.3) is 16.8 Å². The first-order valence-electron chi connectivity index (χ1n) is 10.4. The van der Waals surface area contributed by atoms with E-state index >= 15 is 0 Å². The fourth-order valence-electron chi connectivity index (χ4n) is 3.60. The zero-order valence-electron chi connectivity index (χ0n) is 19.2. The van der Waals surface area contributed by atoms with Crippen molar-refractivity contribution in [1.82, 2.24) is 19.8 Å². The van der Waals surface area contributed by atoms with Gasteiger partial charge in [0.25, 0.3) is 0 Å². The number of aryl methyl sites for hydroxylation is 2. The van der Waals surface area contributed by atoms with Crippen molar-refractivity contribution in [3.8, 4) is 28.3 Å². The zero-order valence-corrected chi connectivity index (χ0v) is 20.0. The Morgan fingerprint density at radius 3 is 2.32 bits per heavy atom. The van der Waals surface area contributed by atoms with Gasteiger partial charge in [0.05, 0.1) is 23.3 Å². The maximum Gasteiger partial charge on any atom is 0.368 e. The molecule has 0 fully saturated rings. The third-order valence-electron chi connectivity index (χ3n) is 5.42. The fraction of sp³-hybridized carbons (Fsp3) is 0.208. The molecular formula is C24H24N4O5S. The third-order valence-corrected chi connectivity index (χ3v) is 6.53. The van der Waals surface area contributed by atoms with E-state index in [2.05, 4.69) is 10.4 Å². The summed E-state index contributed by atoms with van der Waals surface area (Å²) in [5, 5.41) is 7.71. The topological polar surface area (TPSA) is 105 Å². The van der Waals surface area contributed by atoms with Gasteiger partial charge in [0.2, 0.25) is 0 Å². The number of benzene rings is 3. The molecule has 4 rings (SSSR count). The highest BCUT2D eigenvalue weighted by Crippen LogP contribution is 2.30. The van der Waals surface area contributed by atoms with Crippen LogP contribution in [0.3, 0.4) is 0 Å². The molecule has 176 valence electrons. The van der Waals surface area contributed by atoms with Crippen molar-refractivity contribution in [3.05, 3.63) is 82.3 Å². The fourth-order valence-corrected chi connectivity index (χ4v) is 4.27. The van der Waals surface area contributed by atoms with E-state index in [0.29, 0.717) is 22.7 Å². The second kappa shape index (κ2) is 9.14. The molecule has 0 N–H and O–H groups in total. The van der Waals surface area contributed by atoms with Crippen molar-refractivity contribution in [1.29, 1.82) is 0 Å². The van der Waals surface area contributed by atoms with Crippen LogP contribution in [0.4, 0.5) is 0 Å². The van der Waals surface area contributed by atoms with E-state index < -0.39 is 9.84 Å². The minimum atomic E-state index is -3.30. The van der Waals surface area contributed by atoms with Crippen LogP contribution in [0.1, 0.15) is 11.1 Å². The summed E-state index contributed by atoms with van der Waals surface area (Å²) in [6.45, 7) is 2.04. The van der Waals surface area contributed by atoms with Gasteiger partial charge >= 0.3 is 5.69 Å². The summed E-state index contributed by atoms with van der Waals surface area (Å²) in [5.41, 5.74) is 3.33. The van der Waals surface area contributed by atoms with Crippen molar-refractivity contribution >= 4 is 9.84 Å². The number of sulfone groups is 1. The number of hydrogen-bond donors (Lipinski definition) is 0. The third kappa shape index (κ3) is 4.58. The number of rotatable bonds is 7. The zero-order chi connectivity index (χ0) is 24.5. The van der Waals surface area contributed by atoms with E-state index in [9.17, 15) is 13.2 Å². The average Bonchev–Trinajstić information content (AvgIpc) is 3.15. The lowest BCUT2D eigenvalue weighted by atomic mass is 10.0. The molecule has 10 heteroatoms. The molecule has 34 heavy (non-hydrogen) atoms. The van der Waals surface area contributed by atoms with Crippen molar-refractivity contribution < 1.29 is 17.9 Å². The maximum absolute atomic E-state index is 12.4. The van der Waals surface area contributed by atoms with Crippen molar-refractivity contribution in [3.63, 3.8) is 0 Å². The maximum atomic E-state index is 12.4. The van der Waals surface area contributed by atoms with E-state index in [1.165, 1.54) is 18.0 Å². The number of aromatic nitrogens is 4. The first-order chi connectivity index (χ1) is 16.2. The Balaban J connectivity index is 1.63. The predicted octanol–water partition coefficient (Wildman–Crippen LogP) is 2.93. The van der Waals surface area contributed by atoms with Crippen LogP contribution in [-0.2, 0) is 23.5 Å². The summed E-state index contributed by atoms with van der Waals surface area (Å²) in [6, 6.07) is 17.8. The van der Waals surface area contributed by atoms with Gasteiger partial charge in [0, 0.05) is 13.3 Å². The molecule has 0 aliphatic heterocycles. The molecule has 4 aromatic rings. The Kier molecular flexibility index (Phi) is 6.25. The molecule has 0 saturated heterocycles. The number of tetrazole rings is 1. The monoisotopic (exact) mass is 480 g/mol. The molecular weight excluding hydrogens is 456 g/mol. The molecule has 0 saturated carbocycles. The second-order valence-electron chi connectivity index (χ2n) is 7.82. The normalized spacial score (nSPS) is 11.4. The van der Waals surface area contributed by atoms with Crippen LogP contribution in [0.5, 0.6) is 11.5 Å². The summed E-state index contributed by atoms with van der Waals surface area (Å²) in [7, 11) is -0.223. The van der Waals surface area contributed by atoms with Gasteiger partial charge in [-0.05, 0) is 70.4 Å². The van der Waals surface area contributed by atoms with Crippen molar-refractivity contribution in [2.24, 2.45) is 7.05 Å². The van der Waals surface area contributed by atoms with Gasteiger partial charge in [-0.2, -0.15) is 9.36 Å². The van der Waals surface area contributed by atoms with E-state index in [0.717, 1.165) is 21.4 Å². The van der Waals surface area contributed by atoms with Crippen LogP contribution in [0.15, 0.2) is 70.4 Å². The molecule has 0 amide bonds. The van der Waals surface area contributed by atoms with E-state index in [4.69, 9.17) is 9.47 Å². The molecule has 1 aromatic heterocycles. The molecule has 0 spiro atoms. The SMILES string of the molecule is COc1cccc(-n2nnn(C)c2=O)c1COc1ccc(-c2cccc(S(C)(=O)=O)c2)cc1C. The Bertz CT molecular complexity index is 1520. The van der Waals surface area contributed by atoms with E-state index in [-0.39, 0.29) is 17.2 Å². The van der Waals surface area contributed by atoms with Crippen LogP contribution in [0.2, 0.25) is 0 Å². The quantitative estimate of drug-likeness (QED) is 0.400. The molecule has 0 atom stereocenters. The average molecular weight is 481 g/mol. The Labute approximate surface area is 197 Å². The van der Waals surface area contributed by atoms with Gasteiger partial charge in [0.15, 0.2) is 9.84 Å². The molecule has 0 aliphatic carbocycles. The molecule has 0 aliphatic rings. The lowest BCUT2D eigenvalue weighted by Gasteiger charge is -2.15. The first kappa shape index (κ1) is 23.2. The number of methoxy groups -OCH3 is 1. The minimum absolute atomic E-state index is 0.131. The van der Waals surface area contributed by atoms with Gasteiger partial charge in [-0.3, -0.25) is 0 Å². The Morgan fingerprint density at radius 2 is 1.68 bits per heavy atom. The van der Waals surface area contributed by atoms with Gasteiger partial charge in [0.1, 0.15) is 18.1 Å². The Morgan fingerprint density at radius 1 is 0.941 bits per heavy atom. The van der Waals surface area contributed by atoms with Gasteiger partial charge < -0.3 is 9.47 Å². The molecule has 0 bridgehead atoms. The summed E-state index contributed by atoms with van der Waals surface area (Å²) < 4.78 is 37.7. The number of ether oxygens (including phenoxy) is 2. The largest absolute Gasteiger partial charge is 0.496 e. The highest BCUT2D eigenvalue weighted by Gasteiger charge is 2.16. The van der Waals surface area contributed by atoms with E-state index in [1.807, 2.05) is 31.2 Å². The first-order valence-corrected chi connectivity index (χ1v) is 12.3. The Hall–Kier alpha value is -3.92. The highest BCUT2D eigenvalue weighted by atomic mass is 32.2. The molecule has 3 aromatic carbocycles. The molecule has 1 heterocycles. The number of hydrogen-bond acceptors (Lipinski definition) is 7. The standard InChI is InChI=1S/C24H24N4O5S/c1-16-13-18(17-7-5-8-19(14-17)34(4,30)31)11-12-22(16)33-15-20-21(9-6-10-23(20)32-3)28-24(29)27(2)25-26-28/h5-14H,15H2,1-4H3. The molecule has 0 unspecified atom stereocenters. The van der Waals surface area contributed by atoms with E-state index in [1.54, 1.807) is 43.5 Å². The lowest BCUT2D eigenvalue weighted by Crippen LogP contribution is -2.23.